The molecule has 1 aromatic heterocycles. The summed E-state index contributed by atoms with van der Waals surface area (Å²) in [4.78, 5) is 19.4. The smallest absolute Gasteiger partial charge is 0.326 e. The van der Waals surface area contributed by atoms with Crippen molar-refractivity contribution in [1.82, 2.24) is 9.97 Å². The van der Waals surface area contributed by atoms with Crippen LogP contribution in [0.15, 0.2) is 12.4 Å². The van der Waals surface area contributed by atoms with Crippen molar-refractivity contribution in [2.45, 2.75) is 46.1 Å². The molecule has 5 heteroatoms. The van der Waals surface area contributed by atoms with E-state index in [-0.39, 0.29) is 0 Å². The van der Waals surface area contributed by atoms with E-state index in [1.165, 1.54) is 6.33 Å². The van der Waals surface area contributed by atoms with Crippen molar-refractivity contribution in [2.75, 3.05) is 5.32 Å². The van der Waals surface area contributed by atoms with Gasteiger partial charge in [0, 0.05) is 11.8 Å². The van der Waals surface area contributed by atoms with Crippen LogP contribution in [0.5, 0.6) is 0 Å². The second-order valence-electron chi connectivity index (χ2n) is 5.15. The minimum Gasteiger partial charge on any atom is -0.480 e. The number of anilines is 1. The Hall–Kier alpha value is -1.65. The fourth-order valence-corrected chi connectivity index (χ4v) is 1.64. The van der Waals surface area contributed by atoms with Gasteiger partial charge in [-0.25, -0.2) is 14.8 Å². The summed E-state index contributed by atoms with van der Waals surface area (Å²) in [6.07, 6.45) is 2.03. The Bertz CT molecular complexity index is 405. The molecule has 0 spiro atoms. The summed E-state index contributed by atoms with van der Waals surface area (Å²) in [6, 6.07) is 1.20. The Morgan fingerprint density at radius 2 is 2.00 bits per heavy atom. The first kappa shape index (κ1) is 14.4. The molecule has 0 aliphatic heterocycles. The first-order valence-corrected chi connectivity index (χ1v) is 6.21. The third-order valence-corrected chi connectivity index (χ3v) is 2.61. The third kappa shape index (κ3) is 4.31. The summed E-state index contributed by atoms with van der Waals surface area (Å²) in [7, 11) is 0. The topological polar surface area (TPSA) is 75.1 Å². The predicted octanol–water partition coefficient (Wildman–Crippen LogP) is 2.51. The van der Waals surface area contributed by atoms with Crippen LogP contribution in [0.4, 0.5) is 5.82 Å². The molecule has 0 amide bonds. The molecule has 1 aromatic rings. The number of nitrogens with one attached hydrogen (secondary N) is 1. The highest BCUT2D eigenvalue weighted by Crippen LogP contribution is 2.16. The molecule has 0 saturated carbocycles. The molecule has 0 saturated heterocycles. The Balaban J connectivity index is 2.80. The molecule has 0 aromatic carbocycles. The van der Waals surface area contributed by atoms with Crippen LogP contribution in [0, 0.1) is 5.92 Å². The normalized spacial score (nSPS) is 12.8. The van der Waals surface area contributed by atoms with E-state index in [9.17, 15) is 4.79 Å². The van der Waals surface area contributed by atoms with Gasteiger partial charge in [-0.2, -0.15) is 0 Å². The van der Waals surface area contributed by atoms with Crippen molar-refractivity contribution >= 4 is 11.8 Å². The van der Waals surface area contributed by atoms with Crippen LogP contribution in [0.1, 0.15) is 45.7 Å². The average molecular weight is 251 g/mol. The first-order chi connectivity index (χ1) is 8.40. The van der Waals surface area contributed by atoms with Crippen molar-refractivity contribution in [2.24, 2.45) is 5.92 Å². The SMILES string of the molecule is CC(C)CC(Nc1cc(C(C)C)ncn1)C(=O)O. The lowest BCUT2D eigenvalue weighted by Gasteiger charge is -2.17. The van der Waals surface area contributed by atoms with Gasteiger partial charge in [-0.1, -0.05) is 27.7 Å². The van der Waals surface area contributed by atoms with Crippen molar-refractivity contribution in [3.05, 3.63) is 18.1 Å². The van der Waals surface area contributed by atoms with E-state index in [2.05, 4.69) is 15.3 Å². The Morgan fingerprint density at radius 3 is 2.50 bits per heavy atom. The largest absolute Gasteiger partial charge is 0.480 e. The first-order valence-electron chi connectivity index (χ1n) is 6.21. The molecule has 5 nitrogen and oxygen atoms in total. The Kier molecular flexibility index (Phi) is 5.07. The zero-order chi connectivity index (χ0) is 13.7. The molecule has 2 N–H and O–H groups in total. The van der Waals surface area contributed by atoms with Gasteiger partial charge >= 0.3 is 5.97 Å². The summed E-state index contributed by atoms with van der Waals surface area (Å²) < 4.78 is 0. The minimum atomic E-state index is -0.853. The van der Waals surface area contributed by atoms with Crippen LogP contribution in [0.3, 0.4) is 0 Å². The summed E-state index contributed by atoms with van der Waals surface area (Å²) in [6.45, 7) is 8.07. The molecule has 100 valence electrons. The number of aliphatic carboxylic acids is 1. The predicted molar refractivity (Wildman–Crippen MR) is 70.6 cm³/mol. The van der Waals surface area contributed by atoms with E-state index in [0.29, 0.717) is 24.1 Å². The molecular formula is C13H21N3O2. The Morgan fingerprint density at radius 1 is 1.33 bits per heavy atom. The van der Waals surface area contributed by atoms with Crippen molar-refractivity contribution in [3.63, 3.8) is 0 Å². The number of aromatic nitrogens is 2. The standard InChI is InChI=1S/C13H21N3O2/c1-8(2)5-11(13(17)18)16-12-6-10(9(3)4)14-7-15-12/h6-9,11H,5H2,1-4H3,(H,17,18)(H,14,15,16). The van der Waals surface area contributed by atoms with Gasteiger partial charge in [0.1, 0.15) is 18.2 Å². The van der Waals surface area contributed by atoms with Crippen LogP contribution in [0.2, 0.25) is 0 Å². The highest BCUT2D eigenvalue weighted by Gasteiger charge is 2.19. The van der Waals surface area contributed by atoms with E-state index in [1.54, 1.807) is 6.07 Å². The molecule has 0 aliphatic carbocycles. The summed E-state index contributed by atoms with van der Waals surface area (Å²) >= 11 is 0. The average Bonchev–Trinajstić information content (AvgIpc) is 2.27. The van der Waals surface area contributed by atoms with Gasteiger partial charge in [0.05, 0.1) is 0 Å². The molecule has 1 rings (SSSR count). The van der Waals surface area contributed by atoms with Crippen molar-refractivity contribution < 1.29 is 9.90 Å². The summed E-state index contributed by atoms with van der Waals surface area (Å²) in [5.74, 6) is 0.321. The zero-order valence-corrected chi connectivity index (χ0v) is 11.3. The summed E-state index contributed by atoms with van der Waals surface area (Å²) in [5.41, 5.74) is 0.904. The fourth-order valence-electron chi connectivity index (χ4n) is 1.64. The van der Waals surface area contributed by atoms with E-state index >= 15 is 0 Å². The van der Waals surface area contributed by atoms with E-state index < -0.39 is 12.0 Å². The maximum atomic E-state index is 11.2. The van der Waals surface area contributed by atoms with Gasteiger partial charge in [-0.05, 0) is 18.3 Å². The summed E-state index contributed by atoms with van der Waals surface area (Å²) in [5, 5.41) is 12.1. The van der Waals surface area contributed by atoms with E-state index in [1.807, 2.05) is 27.7 Å². The van der Waals surface area contributed by atoms with Gasteiger partial charge in [-0.3, -0.25) is 0 Å². The van der Waals surface area contributed by atoms with Crippen LogP contribution >= 0.6 is 0 Å². The quantitative estimate of drug-likeness (QED) is 0.812. The van der Waals surface area contributed by atoms with Gasteiger partial charge in [0.2, 0.25) is 0 Å². The van der Waals surface area contributed by atoms with Crippen molar-refractivity contribution in [3.8, 4) is 0 Å². The third-order valence-electron chi connectivity index (χ3n) is 2.61. The molecule has 1 unspecified atom stereocenters. The van der Waals surface area contributed by atoms with Crippen LogP contribution in [0.25, 0.3) is 0 Å². The molecular weight excluding hydrogens is 230 g/mol. The number of carboxylic acid groups (broad SMARTS) is 1. The zero-order valence-electron chi connectivity index (χ0n) is 11.3. The lowest BCUT2D eigenvalue weighted by Crippen LogP contribution is -2.31. The van der Waals surface area contributed by atoms with Crippen LogP contribution < -0.4 is 5.32 Å². The minimum absolute atomic E-state index is 0.293. The van der Waals surface area contributed by atoms with Gasteiger partial charge in [-0.15, -0.1) is 0 Å². The van der Waals surface area contributed by atoms with E-state index in [0.717, 1.165) is 5.69 Å². The molecule has 18 heavy (non-hydrogen) atoms. The number of hydrogen-bond acceptors (Lipinski definition) is 4. The van der Waals surface area contributed by atoms with Crippen LogP contribution in [-0.2, 0) is 4.79 Å². The molecule has 0 bridgehead atoms. The molecule has 0 aliphatic rings. The second kappa shape index (κ2) is 6.33. The number of rotatable bonds is 6. The lowest BCUT2D eigenvalue weighted by molar-refractivity contribution is -0.138. The highest BCUT2D eigenvalue weighted by atomic mass is 16.4. The second-order valence-corrected chi connectivity index (χ2v) is 5.15. The molecule has 0 fully saturated rings. The Labute approximate surface area is 108 Å². The highest BCUT2D eigenvalue weighted by molar-refractivity contribution is 5.76. The maximum Gasteiger partial charge on any atom is 0.326 e. The molecule has 0 radical (unpaired) electrons. The fraction of sp³-hybridized carbons (Fsp3) is 0.615. The number of hydrogen-bond donors (Lipinski definition) is 2. The number of carboxylic acids is 1. The molecule has 1 heterocycles. The van der Waals surface area contributed by atoms with Crippen LogP contribution in [-0.4, -0.2) is 27.1 Å². The monoisotopic (exact) mass is 251 g/mol. The van der Waals surface area contributed by atoms with Crippen molar-refractivity contribution in [1.29, 1.82) is 0 Å². The lowest BCUT2D eigenvalue weighted by atomic mass is 10.0. The number of nitrogens with zero attached hydrogens (tertiary/aromatic N) is 2. The van der Waals surface area contributed by atoms with Gasteiger partial charge < -0.3 is 10.4 Å². The molecule has 1 atom stereocenters. The van der Waals surface area contributed by atoms with Gasteiger partial charge in [0.25, 0.3) is 0 Å². The number of carbonyl (C=O) groups is 1. The van der Waals surface area contributed by atoms with Gasteiger partial charge in [0.15, 0.2) is 0 Å². The van der Waals surface area contributed by atoms with E-state index in [4.69, 9.17) is 5.11 Å². The maximum absolute atomic E-state index is 11.2.